The fourth-order valence-corrected chi connectivity index (χ4v) is 8.28. The normalized spacial score (nSPS) is 24.0. The van der Waals surface area contributed by atoms with Crippen molar-refractivity contribution in [3.63, 3.8) is 0 Å². The van der Waals surface area contributed by atoms with Crippen LogP contribution in [0.1, 0.15) is 36.0 Å². The number of amides is 1. The van der Waals surface area contributed by atoms with Crippen LogP contribution in [0.5, 0.6) is 0 Å². The molecular weight excluding hydrogens is 550 g/mol. The van der Waals surface area contributed by atoms with Crippen molar-refractivity contribution in [1.82, 2.24) is 5.32 Å². The van der Waals surface area contributed by atoms with Gasteiger partial charge in [-0.05, 0) is 61.1 Å². The molecule has 2 aromatic carbocycles. The van der Waals surface area contributed by atoms with Crippen LogP contribution in [0, 0.1) is 11.7 Å². The molecule has 3 atom stereocenters. The fraction of sp³-hybridized carbons (Fsp3) is 0.458. The van der Waals surface area contributed by atoms with E-state index < -0.39 is 68.5 Å². The van der Waals surface area contributed by atoms with Gasteiger partial charge in [0.25, 0.3) is 0 Å². The summed E-state index contributed by atoms with van der Waals surface area (Å²) >= 11 is 0. The van der Waals surface area contributed by atoms with Gasteiger partial charge in [0.05, 0.1) is 4.90 Å². The lowest BCUT2D eigenvalue weighted by Gasteiger charge is -2.43. The topological polar surface area (TPSA) is 83.5 Å². The van der Waals surface area contributed by atoms with Crippen LogP contribution in [0.4, 0.5) is 35.1 Å². The Balaban J connectivity index is 1.93. The van der Waals surface area contributed by atoms with Crippen molar-refractivity contribution < 1.29 is 53.4 Å². The molecule has 2 aromatic rings. The molecule has 2 N–H and O–H groups in total. The molecule has 1 saturated carbocycles. The van der Waals surface area contributed by atoms with Gasteiger partial charge in [-0.15, -0.1) is 0 Å². The summed E-state index contributed by atoms with van der Waals surface area (Å²) in [7, 11) is -4.49. The molecule has 0 saturated heterocycles. The summed E-state index contributed by atoms with van der Waals surface area (Å²) in [5.41, 5.74) is -7.75. The zero-order valence-electron chi connectivity index (χ0n) is 19.3. The molecule has 1 amide bonds. The Morgan fingerprint density at radius 2 is 1.58 bits per heavy atom. The number of benzene rings is 2. The third-order valence-corrected chi connectivity index (χ3v) is 10.0. The first-order valence-electron chi connectivity index (χ1n) is 11.4. The molecule has 4 rings (SSSR count). The number of fused-ring (bicyclic) bond motifs is 3. The quantitative estimate of drug-likeness (QED) is 0.406. The second-order valence-electron chi connectivity index (χ2n) is 9.39. The number of rotatable bonds is 5. The molecule has 38 heavy (non-hydrogen) atoms. The first-order valence-corrected chi connectivity index (χ1v) is 12.9. The van der Waals surface area contributed by atoms with Crippen molar-refractivity contribution >= 4 is 15.7 Å². The van der Waals surface area contributed by atoms with E-state index in [1.165, 1.54) is 0 Å². The summed E-state index contributed by atoms with van der Waals surface area (Å²) < 4.78 is 135. The summed E-state index contributed by atoms with van der Waals surface area (Å²) in [4.78, 5) is 11.5. The first kappa shape index (κ1) is 28.3. The zero-order valence-corrected chi connectivity index (χ0v) is 20.2. The van der Waals surface area contributed by atoms with Crippen LogP contribution < -0.4 is 5.32 Å². The first-order chi connectivity index (χ1) is 17.5. The fourth-order valence-electron chi connectivity index (χ4n) is 5.80. The molecule has 0 heterocycles. The van der Waals surface area contributed by atoms with Crippen LogP contribution in [-0.2, 0) is 31.5 Å². The van der Waals surface area contributed by atoms with E-state index in [1.807, 2.05) is 0 Å². The third kappa shape index (κ3) is 4.07. The molecule has 0 bridgehead atoms. The summed E-state index contributed by atoms with van der Waals surface area (Å²) in [5.74, 6) is -2.44. The highest BCUT2D eigenvalue weighted by atomic mass is 32.2. The van der Waals surface area contributed by atoms with Crippen molar-refractivity contribution in [2.24, 2.45) is 5.92 Å². The molecule has 0 radical (unpaired) electrons. The van der Waals surface area contributed by atoms with Crippen molar-refractivity contribution in [1.29, 1.82) is 0 Å². The maximum atomic E-state index is 14.8. The zero-order chi connectivity index (χ0) is 28.3. The predicted molar refractivity (Wildman–Crippen MR) is 117 cm³/mol. The molecule has 0 spiro atoms. The highest BCUT2D eigenvalue weighted by Crippen LogP contribution is 2.59. The SMILES string of the molecule is O=C(CO)N[C@@H]1CC[C@@]2(S(=O)(=O)c3ccc(F)cc3)c3ccc(C(F)(C(F)(F)F)C(F)(F)F)cc3CC[C@@H]12. The standard InChI is InChI=1S/C24H21F8NO4S/c25-15-3-5-16(6-4-15)38(36,37)21-10-9-19(33-20(35)12-34)18(21)7-1-13-11-14(2-8-17(13)21)22(26,23(27,28)29)24(30,31)32/h2-6,8,11,18-19,34H,1,7,9-10,12H2,(H,33,35)/t18-,19+,21+/m0/s1. The van der Waals surface area contributed by atoms with E-state index in [2.05, 4.69) is 5.32 Å². The molecule has 0 aliphatic heterocycles. The second kappa shape index (κ2) is 9.18. The number of alkyl halides is 7. The van der Waals surface area contributed by atoms with Crippen molar-refractivity contribution in [3.8, 4) is 0 Å². The van der Waals surface area contributed by atoms with E-state index >= 15 is 0 Å². The minimum Gasteiger partial charge on any atom is -0.387 e. The Kier molecular flexibility index (Phi) is 6.83. The van der Waals surface area contributed by atoms with Crippen molar-refractivity contribution in [2.75, 3.05) is 6.61 Å². The molecule has 2 aliphatic carbocycles. The summed E-state index contributed by atoms with van der Waals surface area (Å²) in [6.45, 7) is -0.894. The van der Waals surface area contributed by atoms with E-state index in [9.17, 15) is 48.3 Å². The minimum atomic E-state index is -6.35. The number of aliphatic hydroxyl groups excluding tert-OH is 1. The monoisotopic (exact) mass is 571 g/mol. The minimum absolute atomic E-state index is 0.0518. The Labute approximate surface area is 211 Å². The number of hydrogen-bond acceptors (Lipinski definition) is 4. The Hall–Kier alpha value is -2.74. The van der Waals surface area contributed by atoms with Gasteiger partial charge in [-0.25, -0.2) is 17.2 Å². The van der Waals surface area contributed by atoms with Crippen LogP contribution in [0.15, 0.2) is 47.4 Å². The number of sulfone groups is 1. The van der Waals surface area contributed by atoms with Gasteiger partial charge in [-0.1, -0.05) is 18.2 Å². The molecule has 1 fully saturated rings. The van der Waals surface area contributed by atoms with E-state index in [0.29, 0.717) is 6.07 Å². The number of halogens is 8. The Morgan fingerprint density at radius 3 is 2.13 bits per heavy atom. The Bertz CT molecular complexity index is 1330. The van der Waals surface area contributed by atoms with E-state index in [0.717, 1.165) is 30.3 Å². The van der Waals surface area contributed by atoms with Gasteiger partial charge in [0.2, 0.25) is 5.91 Å². The van der Waals surface area contributed by atoms with Gasteiger partial charge in [0.1, 0.15) is 17.2 Å². The van der Waals surface area contributed by atoms with Crippen molar-refractivity contribution in [2.45, 2.75) is 59.4 Å². The van der Waals surface area contributed by atoms with Gasteiger partial charge in [0, 0.05) is 17.5 Å². The summed E-state index contributed by atoms with van der Waals surface area (Å²) in [6, 6.07) is 4.38. The lowest BCUT2D eigenvalue weighted by Crippen LogP contribution is -2.51. The highest BCUT2D eigenvalue weighted by Gasteiger charge is 2.73. The lowest BCUT2D eigenvalue weighted by atomic mass is 9.74. The number of nitrogens with one attached hydrogen (secondary N) is 1. The van der Waals surface area contributed by atoms with E-state index in [4.69, 9.17) is 5.11 Å². The number of carbonyl (C=O) groups excluding carboxylic acids is 1. The smallest absolute Gasteiger partial charge is 0.387 e. The lowest BCUT2D eigenvalue weighted by molar-refractivity contribution is -0.348. The van der Waals surface area contributed by atoms with Crippen LogP contribution in [0.25, 0.3) is 0 Å². The summed E-state index contributed by atoms with van der Waals surface area (Å²) in [6.07, 6.45) is -13.1. The molecular formula is C24H21F8NO4S. The van der Waals surface area contributed by atoms with Gasteiger partial charge in [-0.2, -0.15) is 26.3 Å². The van der Waals surface area contributed by atoms with Crippen LogP contribution in [-0.4, -0.2) is 44.4 Å². The van der Waals surface area contributed by atoms with E-state index in [1.54, 1.807) is 0 Å². The molecule has 5 nitrogen and oxygen atoms in total. The maximum absolute atomic E-state index is 14.8. The highest BCUT2D eigenvalue weighted by molar-refractivity contribution is 7.92. The number of carbonyl (C=O) groups is 1. The molecule has 14 heteroatoms. The average Bonchev–Trinajstić information content (AvgIpc) is 3.22. The van der Waals surface area contributed by atoms with Gasteiger partial charge >= 0.3 is 18.0 Å². The second-order valence-corrected chi connectivity index (χ2v) is 11.6. The Morgan fingerprint density at radius 1 is 0.974 bits per heavy atom. The predicted octanol–water partition coefficient (Wildman–Crippen LogP) is 4.62. The molecule has 0 unspecified atom stereocenters. The average molecular weight is 571 g/mol. The van der Waals surface area contributed by atoms with E-state index in [-0.39, 0.29) is 47.8 Å². The summed E-state index contributed by atoms with van der Waals surface area (Å²) in [5, 5.41) is 11.7. The number of aryl methyl sites for hydroxylation is 1. The van der Waals surface area contributed by atoms with Gasteiger partial charge < -0.3 is 10.4 Å². The molecule has 208 valence electrons. The van der Waals surface area contributed by atoms with Gasteiger partial charge in [0.15, 0.2) is 9.84 Å². The van der Waals surface area contributed by atoms with Crippen LogP contribution >= 0.6 is 0 Å². The van der Waals surface area contributed by atoms with Gasteiger partial charge in [-0.3, -0.25) is 4.79 Å². The maximum Gasteiger partial charge on any atom is 0.435 e. The number of aliphatic hydroxyl groups is 1. The van der Waals surface area contributed by atoms with Crippen molar-refractivity contribution in [3.05, 3.63) is 65.0 Å². The van der Waals surface area contributed by atoms with Crippen LogP contribution in [0.3, 0.4) is 0 Å². The largest absolute Gasteiger partial charge is 0.435 e. The molecule has 2 aliphatic rings. The molecule has 0 aromatic heterocycles. The van der Waals surface area contributed by atoms with Crippen LogP contribution in [0.2, 0.25) is 0 Å². The third-order valence-electron chi connectivity index (χ3n) is 7.47. The number of hydrogen-bond donors (Lipinski definition) is 2.